The number of fused-ring (bicyclic) bond motifs is 1. The molecule has 2 atom stereocenters. The summed E-state index contributed by atoms with van der Waals surface area (Å²) in [6, 6.07) is 2.52. The van der Waals surface area contributed by atoms with Crippen LogP contribution < -0.4 is 0 Å². The summed E-state index contributed by atoms with van der Waals surface area (Å²) in [6.07, 6.45) is 0.342. The fourth-order valence-electron chi connectivity index (χ4n) is 3.36. The molecule has 0 saturated carbocycles. The van der Waals surface area contributed by atoms with Gasteiger partial charge >= 0.3 is 5.97 Å². The molecule has 1 aromatic rings. The number of hydrogen-bond donors (Lipinski definition) is 1. The number of carboxylic acid groups (broad SMARTS) is 1. The summed E-state index contributed by atoms with van der Waals surface area (Å²) in [6.45, 7) is 0.929. The number of rotatable bonds is 4. The van der Waals surface area contributed by atoms with Crippen molar-refractivity contribution in [3.63, 3.8) is 0 Å². The lowest BCUT2D eigenvalue weighted by Gasteiger charge is -2.33. The van der Waals surface area contributed by atoms with Crippen molar-refractivity contribution < 1.29 is 32.3 Å². The van der Waals surface area contributed by atoms with E-state index >= 15 is 0 Å². The second kappa shape index (κ2) is 6.11. The average molecular weight is 372 g/mol. The molecule has 2 saturated heterocycles. The summed E-state index contributed by atoms with van der Waals surface area (Å²) in [4.78, 5) is 25.8. The molecule has 138 valence electrons. The third-order valence-corrected chi connectivity index (χ3v) is 6.64. The Kier molecular flexibility index (Phi) is 4.38. The lowest BCUT2D eigenvalue weighted by molar-refractivity contribution is -0.157. The van der Waals surface area contributed by atoms with Crippen LogP contribution in [0.5, 0.6) is 0 Å². The number of carbonyl (C=O) groups is 2. The van der Waals surface area contributed by atoms with Crippen molar-refractivity contribution in [1.29, 1.82) is 0 Å². The lowest BCUT2D eigenvalue weighted by atomic mass is 9.74. The van der Waals surface area contributed by atoms with Gasteiger partial charge in [-0.05, 0) is 18.6 Å². The maximum Gasteiger partial charge on any atom is 0.311 e. The predicted molar refractivity (Wildman–Crippen MR) is 84.5 cm³/mol. The van der Waals surface area contributed by atoms with Crippen LogP contribution in [-0.4, -0.2) is 75.0 Å². The fraction of sp³-hybridized carbons (Fsp3) is 0.600. The Labute approximate surface area is 145 Å². The highest BCUT2D eigenvalue weighted by atomic mass is 32.2. The van der Waals surface area contributed by atoms with Gasteiger partial charge in [-0.25, -0.2) is 12.7 Å². The van der Waals surface area contributed by atoms with E-state index in [9.17, 15) is 23.1 Å². The second-order valence-electron chi connectivity index (χ2n) is 6.57. The van der Waals surface area contributed by atoms with Gasteiger partial charge < -0.3 is 19.2 Å². The first-order valence-corrected chi connectivity index (χ1v) is 9.25. The maximum atomic E-state index is 12.7. The Balaban J connectivity index is 1.83. The number of hydrogen-bond acceptors (Lipinski definition) is 6. The van der Waals surface area contributed by atoms with E-state index in [2.05, 4.69) is 0 Å². The number of nitrogens with zero attached hydrogens (tertiary/aromatic N) is 2. The molecular formula is C15H20N2O7S. The molecule has 0 unspecified atom stereocenters. The number of amides is 1. The molecule has 0 aromatic carbocycles. The molecule has 1 amide bonds. The van der Waals surface area contributed by atoms with E-state index in [-0.39, 0.29) is 36.5 Å². The molecular weight excluding hydrogens is 352 g/mol. The van der Waals surface area contributed by atoms with Crippen LogP contribution >= 0.6 is 0 Å². The van der Waals surface area contributed by atoms with Crippen LogP contribution in [0.1, 0.15) is 17.0 Å². The third kappa shape index (κ3) is 2.83. The van der Waals surface area contributed by atoms with Crippen LogP contribution in [0.3, 0.4) is 0 Å². The molecule has 0 radical (unpaired) electrons. The van der Waals surface area contributed by atoms with Gasteiger partial charge in [-0.3, -0.25) is 9.59 Å². The van der Waals surface area contributed by atoms with Crippen LogP contribution in [0.2, 0.25) is 0 Å². The minimum absolute atomic E-state index is 0.0612. The summed E-state index contributed by atoms with van der Waals surface area (Å²) < 4.78 is 35.7. The topological polar surface area (TPSA) is 117 Å². The van der Waals surface area contributed by atoms with Crippen molar-refractivity contribution in [2.75, 3.05) is 40.4 Å². The van der Waals surface area contributed by atoms with Crippen molar-refractivity contribution in [2.24, 2.45) is 11.3 Å². The van der Waals surface area contributed by atoms with E-state index in [1.165, 1.54) is 31.1 Å². The predicted octanol–water partition coefficient (Wildman–Crippen LogP) is 0.0932. The number of carbonyl (C=O) groups excluding carboxylic acids is 1. The molecule has 3 rings (SSSR count). The van der Waals surface area contributed by atoms with Gasteiger partial charge in [0, 0.05) is 39.7 Å². The first-order chi connectivity index (χ1) is 11.7. The first kappa shape index (κ1) is 17.9. The zero-order valence-corrected chi connectivity index (χ0v) is 14.8. The monoisotopic (exact) mass is 372 g/mol. The number of carboxylic acids is 1. The highest BCUT2D eigenvalue weighted by Gasteiger charge is 2.55. The first-order valence-electron chi connectivity index (χ1n) is 7.81. The lowest BCUT2D eigenvalue weighted by Crippen LogP contribution is -2.45. The zero-order chi connectivity index (χ0) is 18.4. The zero-order valence-electron chi connectivity index (χ0n) is 14.0. The van der Waals surface area contributed by atoms with Gasteiger partial charge in [0.1, 0.15) is 0 Å². The third-order valence-electron chi connectivity index (χ3n) is 4.95. The van der Waals surface area contributed by atoms with Crippen molar-refractivity contribution in [1.82, 2.24) is 9.21 Å². The molecule has 0 spiro atoms. The summed E-state index contributed by atoms with van der Waals surface area (Å²) in [7, 11) is -1.05. The van der Waals surface area contributed by atoms with Crippen LogP contribution in [-0.2, 0) is 19.6 Å². The van der Waals surface area contributed by atoms with Crippen molar-refractivity contribution >= 4 is 21.9 Å². The molecule has 9 nitrogen and oxygen atoms in total. The second-order valence-corrected chi connectivity index (χ2v) is 8.66. The number of aliphatic carboxylic acids is 1. The number of furan rings is 1. The maximum absolute atomic E-state index is 12.7. The van der Waals surface area contributed by atoms with Crippen LogP contribution in [0.4, 0.5) is 0 Å². The quantitative estimate of drug-likeness (QED) is 0.796. The SMILES string of the molecule is CN(C)S(=O)(=O)c1ccc(C(=O)N2C[C@H]3COCC[C@@]3(C(=O)O)C2)o1. The van der Waals surface area contributed by atoms with Gasteiger partial charge in [0.05, 0.1) is 12.0 Å². The molecule has 2 aliphatic heterocycles. The van der Waals surface area contributed by atoms with E-state index in [0.717, 1.165) is 4.31 Å². The Bertz CT molecular complexity index is 801. The average Bonchev–Trinajstić information content (AvgIpc) is 3.19. The number of likely N-dealkylation sites (tertiary alicyclic amines) is 1. The van der Waals surface area contributed by atoms with Gasteiger partial charge in [-0.2, -0.15) is 0 Å². The molecule has 0 aliphatic carbocycles. The molecule has 1 aromatic heterocycles. The highest BCUT2D eigenvalue weighted by Crippen LogP contribution is 2.42. The summed E-state index contributed by atoms with van der Waals surface area (Å²) in [5.74, 6) is -1.87. The van der Waals surface area contributed by atoms with E-state index in [1.807, 2.05) is 0 Å². The van der Waals surface area contributed by atoms with E-state index in [4.69, 9.17) is 9.15 Å². The molecule has 1 N–H and O–H groups in total. The molecule has 3 heterocycles. The van der Waals surface area contributed by atoms with Crippen molar-refractivity contribution in [3.8, 4) is 0 Å². The Morgan fingerprint density at radius 1 is 1.36 bits per heavy atom. The van der Waals surface area contributed by atoms with Gasteiger partial charge in [-0.15, -0.1) is 0 Å². The van der Waals surface area contributed by atoms with E-state index < -0.39 is 27.3 Å². The van der Waals surface area contributed by atoms with Gasteiger partial charge in [-0.1, -0.05) is 0 Å². The number of sulfonamides is 1. The van der Waals surface area contributed by atoms with Crippen molar-refractivity contribution in [3.05, 3.63) is 17.9 Å². The van der Waals surface area contributed by atoms with Gasteiger partial charge in [0.25, 0.3) is 15.9 Å². The molecule has 2 aliphatic rings. The van der Waals surface area contributed by atoms with E-state index in [1.54, 1.807) is 0 Å². The van der Waals surface area contributed by atoms with Crippen LogP contribution in [0.25, 0.3) is 0 Å². The van der Waals surface area contributed by atoms with Gasteiger partial charge in [0.15, 0.2) is 5.76 Å². The highest BCUT2D eigenvalue weighted by molar-refractivity contribution is 7.88. The Morgan fingerprint density at radius 3 is 2.68 bits per heavy atom. The minimum Gasteiger partial charge on any atom is -0.481 e. The largest absolute Gasteiger partial charge is 0.481 e. The molecule has 25 heavy (non-hydrogen) atoms. The molecule has 2 fully saturated rings. The standard InChI is InChI=1S/C15H20N2O7S/c1-16(2)25(21,22)12-4-3-11(24-12)13(18)17-7-10-8-23-6-5-15(10,9-17)14(19)20/h3-4,10H,5-9H2,1-2H3,(H,19,20)/t10-,15+/m0/s1. The van der Waals surface area contributed by atoms with E-state index in [0.29, 0.717) is 13.0 Å². The fourth-order valence-corrected chi connectivity index (χ4v) is 4.16. The minimum atomic E-state index is -3.78. The van der Waals surface area contributed by atoms with Crippen molar-refractivity contribution in [2.45, 2.75) is 11.5 Å². The molecule has 0 bridgehead atoms. The Morgan fingerprint density at radius 2 is 2.08 bits per heavy atom. The summed E-state index contributed by atoms with van der Waals surface area (Å²) >= 11 is 0. The number of ether oxygens (including phenoxy) is 1. The smallest absolute Gasteiger partial charge is 0.311 e. The Hall–Kier alpha value is -1.91. The summed E-state index contributed by atoms with van der Waals surface area (Å²) in [5.41, 5.74) is -1.01. The van der Waals surface area contributed by atoms with Crippen LogP contribution in [0, 0.1) is 11.3 Å². The van der Waals surface area contributed by atoms with Gasteiger partial charge in [0.2, 0.25) is 5.09 Å². The summed E-state index contributed by atoms with van der Waals surface area (Å²) in [5, 5.41) is 9.31. The normalized spacial score (nSPS) is 26.7. The van der Waals surface area contributed by atoms with Crippen LogP contribution in [0.15, 0.2) is 21.6 Å². The molecule has 10 heteroatoms.